The van der Waals surface area contributed by atoms with Gasteiger partial charge in [0.05, 0.1) is 4.90 Å². The molecule has 0 spiro atoms. The molecule has 1 aliphatic rings. The van der Waals surface area contributed by atoms with E-state index >= 15 is 0 Å². The van der Waals surface area contributed by atoms with E-state index in [4.69, 9.17) is 0 Å². The molecule has 0 amide bonds. The van der Waals surface area contributed by atoms with E-state index in [9.17, 15) is 8.42 Å². The van der Waals surface area contributed by atoms with Crippen LogP contribution in [-0.4, -0.2) is 43.7 Å². The predicted octanol–water partition coefficient (Wildman–Crippen LogP) is 2.59. The van der Waals surface area contributed by atoms with Crippen molar-refractivity contribution in [3.05, 3.63) is 29.8 Å². The van der Waals surface area contributed by atoms with Crippen molar-refractivity contribution in [3.8, 4) is 0 Å². The van der Waals surface area contributed by atoms with Gasteiger partial charge in [0, 0.05) is 41.4 Å². The first-order valence-electron chi connectivity index (χ1n) is 6.69. The maximum absolute atomic E-state index is 11.4. The number of hydrogen-bond acceptors (Lipinski definition) is 5. The van der Waals surface area contributed by atoms with Gasteiger partial charge in [0.2, 0.25) is 0 Å². The lowest BCUT2D eigenvalue weighted by Crippen LogP contribution is -2.30. The van der Waals surface area contributed by atoms with Crippen molar-refractivity contribution < 1.29 is 8.42 Å². The Morgan fingerprint density at radius 3 is 2.55 bits per heavy atom. The molecule has 6 heteroatoms. The Morgan fingerprint density at radius 1 is 1.30 bits per heavy atom. The highest BCUT2D eigenvalue weighted by Gasteiger charge is 2.15. The molecule has 2 rings (SSSR count). The van der Waals surface area contributed by atoms with Crippen LogP contribution < -0.4 is 5.32 Å². The van der Waals surface area contributed by atoms with Gasteiger partial charge in [0.25, 0.3) is 0 Å². The normalized spacial score (nSPS) is 21.6. The van der Waals surface area contributed by atoms with Gasteiger partial charge in [-0.3, -0.25) is 0 Å². The predicted molar refractivity (Wildman–Crippen MR) is 89.5 cm³/mol. The van der Waals surface area contributed by atoms with E-state index in [0.29, 0.717) is 10.1 Å². The van der Waals surface area contributed by atoms with E-state index in [1.807, 2.05) is 35.7 Å². The van der Waals surface area contributed by atoms with Crippen LogP contribution in [0.25, 0.3) is 0 Å². The second-order valence-corrected chi connectivity index (χ2v) is 9.61. The van der Waals surface area contributed by atoms with Crippen molar-refractivity contribution in [3.63, 3.8) is 0 Å². The first-order valence-corrected chi connectivity index (χ1v) is 10.8. The molecule has 3 nitrogen and oxygen atoms in total. The summed E-state index contributed by atoms with van der Waals surface area (Å²) in [6.45, 7) is 3.13. The summed E-state index contributed by atoms with van der Waals surface area (Å²) >= 11 is 4.07. The topological polar surface area (TPSA) is 46.2 Å². The third-order valence-corrected chi connectivity index (χ3v) is 7.32. The Bertz CT molecular complexity index is 522. The summed E-state index contributed by atoms with van der Waals surface area (Å²) in [6.07, 6.45) is 1.24. The minimum atomic E-state index is -3.10. The van der Waals surface area contributed by atoms with Gasteiger partial charge in [-0.1, -0.05) is 12.1 Å². The third kappa shape index (κ3) is 4.69. The molecule has 1 aromatic rings. The zero-order valence-corrected chi connectivity index (χ0v) is 14.3. The van der Waals surface area contributed by atoms with Crippen LogP contribution in [0.5, 0.6) is 0 Å². The molecule has 0 bridgehead atoms. The summed E-state index contributed by atoms with van der Waals surface area (Å²) in [5.74, 6) is 3.73. The smallest absolute Gasteiger partial charge is 0.175 e. The number of rotatable bonds is 5. The lowest BCUT2D eigenvalue weighted by molar-refractivity contribution is 0.576. The fourth-order valence-corrected chi connectivity index (χ4v) is 5.34. The molecule has 0 saturated carbocycles. The zero-order chi connectivity index (χ0) is 14.6. The van der Waals surface area contributed by atoms with Gasteiger partial charge in [-0.2, -0.15) is 23.5 Å². The molecule has 1 saturated heterocycles. The van der Waals surface area contributed by atoms with Crippen LogP contribution >= 0.6 is 23.5 Å². The highest BCUT2D eigenvalue weighted by molar-refractivity contribution is 8.06. The molecular weight excluding hydrogens is 310 g/mol. The third-order valence-electron chi connectivity index (χ3n) is 3.34. The highest BCUT2D eigenvalue weighted by Crippen LogP contribution is 2.24. The van der Waals surface area contributed by atoms with Crippen LogP contribution in [-0.2, 0) is 9.84 Å². The van der Waals surface area contributed by atoms with Crippen LogP contribution in [0.15, 0.2) is 29.2 Å². The summed E-state index contributed by atoms with van der Waals surface area (Å²) in [5.41, 5.74) is 1.13. The molecular formula is C14H21NO2S3. The van der Waals surface area contributed by atoms with E-state index in [1.165, 1.54) is 23.5 Å². The first-order chi connectivity index (χ1) is 9.47. The van der Waals surface area contributed by atoms with Crippen molar-refractivity contribution >= 4 is 33.4 Å². The molecule has 1 aliphatic heterocycles. The zero-order valence-electron chi connectivity index (χ0n) is 11.8. The quantitative estimate of drug-likeness (QED) is 0.898. The van der Waals surface area contributed by atoms with Gasteiger partial charge in [0.15, 0.2) is 9.84 Å². The number of thioether (sulfide) groups is 2. The first kappa shape index (κ1) is 16.2. The van der Waals surface area contributed by atoms with Gasteiger partial charge in [0.1, 0.15) is 0 Å². The fourth-order valence-electron chi connectivity index (χ4n) is 2.08. The molecule has 0 aliphatic carbocycles. The SMILES string of the molecule is CC(NCC1CSCCS1)c1ccc(S(C)(=O)=O)cc1. The number of nitrogens with one attached hydrogen (secondary N) is 1. The Kier molecular flexibility index (Phi) is 5.84. The average Bonchev–Trinajstić information content (AvgIpc) is 2.45. The monoisotopic (exact) mass is 331 g/mol. The largest absolute Gasteiger partial charge is 0.309 e. The van der Waals surface area contributed by atoms with Gasteiger partial charge < -0.3 is 5.32 Å². The van der Waals surface area contributed by atoms with E-state index in [1.54, 1.807) is 12.1 Å². The Hall–Kier alpha value is -0.170. The Morgan fingerprint density at radius 2 is 2.00 bits per heavy atom. The molecule has 0 aromatic heterocycles. The van der Waals surface area contributed by atoms with Gasteiger partial charge in [-0.05, 0) is 24.6 Å². The molecule has 1 heterocycles. The summed E-state index contributed by atoms with van der Waals surface area (Å²) in [6, 6.07) is 7.42. The second kappa shape index (κ2) is 7.20. The number of benzene rings is 1. The van der Waals surface area contributed by atoms with Crippen LogP contribution in [0, 0.1) is 0 Å². The highest BCUT2D eigenvalue weighted by atomic mass is 32.2. The van der Waals surface area contributed by atoms with Crippen molar-refractivity contribution in [2.75, 3.05) is 30.1 Å². The second-order valence-electron chi connectivity index (χ2n) is 5.04. The van der Waals surface area contributed by atoms with Crippen molar-refractivity contribution in [2.24, 2.45) is 0 Å². The van der Waals surface area contributed by atoms with Crippen LogP contribution in [0.3, 0.4) is 0 Å². The summed E-state index contributed by atoms with van der Waals surface area (Å²) in [4.78, 5) is 0.382. The maximum Gasteiger partial charge on any atom is 0.175 e. The summed E-state index contributed by atoms with van der Waals surface area (Å²) in [7, 11) is -3.10. The standard InChI is InChI=1S/C14H21NO2S3/c1-11(15-9-13-10-18-7-8-19-13)12-3-5-14(6-4-12)20(2,16)17/h3-6,11,13,15H,7-10H2,1-2H3. The molecule has 20 heavy (non-hydrogen) atoms. The lowest BCUT2D eigenvalue weighted by atomic mass is 10.1. The maximum atomic E-state index is 11.4. The Balaban J connectivity index is 1.90. The minimum absolute atomic E-state index is 0.246. The molecule has 2 atom stereocenters. The van der Waals surface area contributed by atoms with Gasteiger partial charge in [-0.25, -0.2) is 8.42 Å². The number of hydrogen-bond donors (Lipinski definition) is 1. The van der Waals surface area contributed by atoms with Crippen molar-refractivity contribution in [1.29, 1.82) is 0 Å². The van der Waals surface area contributed by atoms with Gasteiger partial charge >= 0.3 is 0 Å². The van der Waals surface area contributed by atoms with Crippen LogP contribution in [0.1, 0.15) is 18.5 Å². The molecule has 0 radical (unpaired) electrons. The molecule has 1 aromatic carbocycles. The van der Waals surface area contributed by atoms with Crippen molar-refractivity contribution in [1.82, 2.24) is 5.32 Å². The van der Waals surface area contributed by atoms with E-state index in [0.717, 1.165) is 12.1 Å². The fraction of sp³-hybridized carbons (Fsp3) is 0.571. The van der Waals surface area contributed by atoms with Crippen molar-refractivity contribution in [2.45, 2.75) is 23.1 Å². The minimum Gasteiger partial charge on any atom is -0.309 e. The van der Waals surface area contributed by atoms with E-state index in [2.05, 4.69) is 12.2 Å². The number of sulfone groups is 1. The molecule has 1 fully saturated rings. The van der Waals surface area contributed by atoms with Crippen LogP contribution in [0.4, 0.5) is 0 Å². The van der Waals surface area contributed by atoms with E-state index in [-0.39, 0.29) is 6.04 Å². The average molecular weight is 332 g/mol. The van der Waals surface area contributed by atoms with Gasteiger partial charge in [-0.15, -0.1) is 0 Å². The summed E-state index contributed by atoms with van der Waals surface area (Å²) in [5, 5.41) is 4.23. The molecule has 112 valence electrons. The van der Waals surface area contributed by atoms with E-state index < -0.39 is 9.84 Å². The molecule has 2 unspecified atom stereocenters. The summed E-state index contributed by atoms with van der Waals surface area (Å²) < 4.78 is 22.9. The Labute approximate surface area is 130 Å². The molecule has 1 N–H and O–H groups in total. The van der Waals surface area contributed by atoms with Crippen LogP contribution in [0.2, 0.25) is 0 Å². The lowest BCUT2D eigenvalue weighted by Gasteiger charge is -2.23.